The van der Waals surface area contributed by atoms with Crippen LogP contribution in [-0.2, 0) is 17.8 Å². The van der Waals surface area contributed by atoms with E-state index in [0.29, 0.717) is 23.7 Å². The maximum atomic E-state index is 12.1. The first kappa shape index (κ1) is 19.1. The van der Waals surface area contributed by atoms with Crippen LogP contribution in [-0.4, -0.2) is 33.2 Å². The first-order valence-corrected chi connectivity index (χ1v) is 8.11. The van der Waals surface area contributed by atoms with Gasteiger partial charge in [-0.3, -0.25) is 4.79 Å². The molecular weight excluding hydrogens is 334 g/mol. The number of carbonyl (C=O) groups is 2. The number of carbonyl (C=O) groups excluding carboxylic acids is 2. The van der Waals surface area contributed by atoms with E-state index in [2.05, 4.69) is 16.0 Å². The molecule has 0 radical (unpaired) electrons. The Bertz CT molecular complexity index is 760. The van der Waals surface area contributed by atoms with Crippen LogP contribution in [0.25, 0.3) is 0 Å². The Labute approximate surface area is 152 Å². The van der Waals surface area contributed by atoms with Crippen molar-refractivity contribution in [3.05, 3.63) is 53.6 Å². The fourth-order valence-corrected chi connectivity index (χ4v) is 2.34. The first-order chi connectivity index (χ1) is 12.5. The molecule has 3 amide bonds. The molecule has 7 heteroatoms. The van der Waals surface area contributed by atoms with Gasteiger partial charge in [-0.05, 0) is 35.4 Å². The normalized spacial score (nSPS) is 9.96. The van der Waals surface area contributed by atoms with Crippen LogP contribution in [0, 0.1) is 0 Å². The summed E-state index contributed by atoms with van der Waals surface area (Å²) in [7, 11) is 4.70. The van der Waals surface area contributed by atoms with Gasteiger partial charge in [-0.15, -0.1) is 0 Å². The summed E-state index contributed by atoms with van der Waals surface area (Å²) in [4.78, 5) is 23.4. The molecule has 0 bridgehead atoms. The molecule has 0 unspecified atom stereocenters. The summed E-state index contributed by atoms with van der Waals surface area (Å²) in [5.74, 6) is 1.18. The first-order valence-electron chi connectivity index (χ1n) is 8.11. The summed E-state index contributed by atoms with van der Waals surface area (Å²) in [6.07, 6.45) is 0.257. The molecule has 0 saturated heterocycles. The lowest BCUT2D eigenvalue weighted by atomic mass is 10.1. The molecule has 0 spiro atoms. The molecule has 138 valence electrons. The Morgan fingerprint density at radius 2 is 1.58 bits per heavy atom. The van der Waals surface area contributed by atoms with E-state index in [0.717, 1.165) is 11.1 Å². The predicted octanol–water partition coefficient (Wildman–Crippen LogP) is 2.31. The van der Waals surface area contributed by atoms with Crippen LogP contribution in [0.5, 0.6) is 11.5 Å². The number of amides is 3. The van der Waals surface area contributed by atoms with Gasteiger partial charge >= 0.3 is 6.03 Å². The van der Waals surface area contributed by atoms with Gasteiger partial charge in [-0.2, -0.15) is 0 Å². The van der Waals surface area contributed by atoms with Gasteiger partial charge in [0.05, 0.1) is 20.6 Å². The third-order valence-electron chi connectivity index (χ3n) is 3.74. The van der Waals surface area contributed by atoms with E-state index in [4.69, 9.17) is 9.47 Å². The van der Waals surface area contributed by atoms with Crippen molar-refractivity contribution >= 4 is 17.6 Å². The highest BCUT2D eigenvalue weighted by Crippen LogP contribution is 2.27. The monoisotopic (exact) mass is 357 g/mol. The lowest BCUT2D eigenvalue weighted by Crippen LogP contribution is -2.25. The molecular formula is C19H23N3O4. The van der Waals surface area contributed by atoms with E-state index in [1.54, 1.807) is 51.6 Å². The number of hydrogen-bond donors (Lipinski definition) is 3. The van der Waals surface area contributed by atoms with Gasteiger partial charge in [0.1, 0.15) is 0 Å². The number of anilines is 1. The SMILES string of the molecule is CNC(=O)Nc1ccc(CC(=O)NCc2ccc(OC)c(OC)c2)cc1. The minimum absolute atomic E-state index is 0.0909. The van der Waals surface area contributed by atoms with E-state index in [1.165, 1.54) is 0 Å². The summed E-state index contributed by atoms with van der Waals surface area (Å²) in [6, 6.07) is 12.4. The molecule has 0 atom stereocenters. The molecule has 2 rings (SSSR count). The van der Waals surface area contributed by atoms with Gasteiger partial charge in [-0.1, -0.05) is 18.2 Å². The van der Waals surface area contributed by atoms with Crippen molar-refractivity contribution in [3.63, 3.8) is 0 Å². The van der Waals surface area contributed by atoms with E-state index in [1.807, 2.05) is 12.1 Å². The maximum Gasteiger partial charge on any atom is 0.318 e. The van der Waals surface area contributed by atoms with Crippen LogP contribution >= 0.6 is 0 Å². The molecule has 0 saturated carbocycles. The van der Waals surface area contributed by atoms with Crippen molar-refractivity contribution < 1.29 is 19.1 Å². The van der Waals surface area contributed by atoms with Crippen molar-refractivity contribution in [2.24, 2.45) is 0 Å². The lowest BCUT2D eigenvalue weighted by molar-refractivity contribution is -0.120. The van der Waals surface area contributed by atoms with Crippen molar-refractivity contribution in [3.8, 4) is 11.5 Å². The van der Waals surface area contributed by atoms with Gasteiger partial charge in [0.25, 0.3) is 0 Å². The highest BCUT2D eigenvalue weighted by atomic mass is 16.5. The minimum atomic E-state index is -0.287. The van der Waals surface area contributed by atoms with Crippen LogP contribution in [0.3, 0.4) is 0 Å². The molecule has 2 aromatic rings. The van der Waals surface area contributed by atoms with Gasteiger partial charge in [0.15, 0.2) is 11.5 Å². The molecule has 0 aliphatic rings. The van der Waals surface area contributed by atoms with Crippen molar-refractivity contribution in [1.82, 2.24) is 10.6 Å². The molecule has 0 fully saturated rings. The van der Waals surface area contributed by atoms with Crippen LogP contribution in [0.1, 0.15) is 11.1 Å². The second-order valence-corrected chi connectivity index (χ2v) is 5.54. The Kier molecular flexibility index (Phi) is 6.84. The quantitative estimate of drug-likeness (QED) is 0.709. The standard InChI is InChI=1S/C19H23N3O4/c1-20-19(24)22-15-7-4-13(5-8-15)11-18(23)21-12-14-6-9-16(25-2)17(10-14)26-3/h4-10H,11-12H2,1-3H3,(H,21,23)(H2,20,22,24). The third-order valence-corrected chi connectivity index (χ3v) is 3.74. The number of hydrogen-bond acceptors (Lipinski definition) is 4. The molecule has 3 N–H and O–H groups in total. The third kappa shape index (κ3) is 5.41. The Hall–Kier alpha value is -3.22. The smallest absolute Gasteiger partial charge is 0.318 e. The molecule has 0 aliphatic heterocycles. The van der Waals surface area contributed by atoms with Crippen LogP contribution in [0.15, 0.2) is 42.5 Å². The van der Waals surface area contributed by atoms with E-state index in [-0.39, 0.29) is 18.4 Å². The van der Waals surface area contributed by atoms with Gasteiger partial charge in [0, 0.05) is 19.3 Å². The lowest BCUT2D eigenvalue weighted by Gasteiger charge is -2.10. The van der Waals surface area contributed by atoms with E-state index >= 15 is 0 Å². The number of methoxy groups -OCH3 is 2. The van der Waals surface area contributed by atoms with Crippen LogP contribution in [0.2, 0.25) is 0 Å². The highest BCUT2D eigenvalue weighted by Gasteiger charge is 2.07. The topological polar surface area (TPSA) is 88.7 Å². The maximum absolute atomic E-state index is 12.1. The predicted molar refractivity (Wildman–Crippen MR) is 99.6 cm³/mol. The number of urea groups is 1. The number of nitrogens with one attached hydrogen (secondary N) is 3. The number of ether oxygens (including phenoxy) is 2. The molecule has 2 aromatic carbocycles. The highest BCUT2D eigenvalue weighted by molar-refractivity contribution is 5.89. The fourth-order valence-electron chi connectivity index (χ4n) is 2.34. The average Bonchev–Trinajstić information content (AvgIpc) is 2.67. The molecule has 0 heterocycles. The summed E-state index contributed by atoms with van der Waals surface area (Å²) in [5, 5.41) is 8.02. The van der Waals surface area contributed by atoms with Gasteiger partial charge in [-0.25, -0.2) is 4.79 Å². The Balaban J connectivity index is 1.88. The average molecular weight is 357 g/mol. The number of rotatable bonds is 7. The zero-order chi connectivity index (χ0) is 18.9. The van der Waals surface area contributed by atoms with Crippen LogP contribution in [0.4, 0.5) is 10.5 Å². The molecule has 7 nitrogen and oxygen atoms in total. The number of benzene rings is 2. The van der Waals surface area contributed by atoms with Gasteiger partial charge in [0.2, 0.25) is 5.91 Å². The minimum Gasteiger partial charge on any atom is -0.493 e. The van der Waals surface area contributed by atoms with Gasteiger partial charge < -0.3 is 25.4 Å². The summed E-state index contributed by atoms with van der Waals surface area (Å²) in [6.45, 7) is 0.398. The van der Waals surface area contributed by atoms with Crippen molar-refractivity contribution in [2.45, 2.75) is 13.0 Å². The van der Waals surface area contributed by atoms with Crippen molar-refractivity contribution in [2.75, 3.05) is 26.6 Å². The molecule has 26 heavy (non-hydrogen) atoms. The largest absolute Gasteiger partial charge is 0.493 e. The Morgan fingerprint density at radius 1 is 0.923 bits per heavy atom. The second kappa shape index (κ2) is 9.31. The second-order valence-electron chi connectivity index (χ2n) is 5.54. The summed E-state index contributed by atoms with van der Waals surface area (Å²) in [5.41, 5.74) is 2.44. The zero-order valence-electron chi connectivity index (χ0n) is 15.1. The van der Waals surface area contributed by atoms with Crippen molar-refractivity contribution in [1.29, 1.82) is 0 Å². The fraction of sp³-hybridized carbons (Fsp3) is 0.263. The van der Waals surface area contributed by atoms with E-state index in [9.17, 15) is 9.59 Å². The summed E-state index contributed by atoms with van der Waals surface area (Å²) >= 11 is 0. The molecule has 0 aliphatic carbocycles. The Morgan fingerprint density at radius 3 is 2.19 bits per heavy atom. The van der Waals surface area contributed by atoms with Crippen LogP contribution < -0.4 is 25.4 Å². The van der Waals surface area contributed by atoms with E-state index < -0.39 is 0 Å². The molecule has 0 aromatic heterocycles. The summed E-state index contributed by atoms with van der Waals surface area (Å²) < 4.78 is 10.4. The zero-order valence-corrected chi connectivity index (χ0v) is 15.1.